The van der Waals surface area contributed by atoms with Crippen molar-refractivity contribution in [3.63, 3.8) is 0 Å². The second kappa shape index (κ2) is 9.30. The van der Waals surface area contributed by atoms with Crippen LogP contribution in [-0.2, 0) is 16.1 Å². The van der Waals surface area contributed by atoms with Gasteiger partial charge in [0.1, 0.15) is 11.5 Å². The summed E-state index contributed by atoms with van der Waals surface area (Å²) in [5, 5.41) is 0. The van der Waals surface area contributed by atoms with E-state index in [1.165, 1.54) is 6.42 Å². The van der Waals surface area contributed by atoms with Crippen molar-refractivity contribution in [1.82, 2.24) is 9.80 Å². The molecule has 1 saturated heterocycles. The van der Waals surface area contributed by atoms with Gasteiger partial charge >= 0.3 is 11.8 Å². The Kier molecular flexibility index (Phi) is 7.10. The van der Waals surface area contributed by atoms with Crippen molar-refractivity contribution >= 4 is 11.8 Å². The minimum absolute atomic E-state index is 0.363. The van der Waals surface area contributed by atoms with Crippen LogP contribution >= 0.6 is 0 Å². The number of piperazine rings is 1. The summed E-state index contributed by atoms with van der Waals surface area (Å²) in [6.07, 6.45) is 4.38. The van der Waals surface area contributed by atoms with Crippen molar-refractivity contribution in [3.8, 4) is 11.5 Å². The van der Waals surface area contributed by atoms with E-state index in [-0.39, 0.29) is 0 Å². The number of hydrogen-bond donors (Lipinski definition) is 0. The van der Waals surface area contributed by atoms with Crippen LogP contribution in [0.2, 0.25) is 0 Å². The number of amides is 2. The maximum atomic E-state index is 12.4. The van der Waals surface area contributed by atoms with Crippen LogP contribution < -0.4 is 9.47 Å². The van der Waals surface area contributed by atoms with Gasteiger partial charge in [0.2, 0.25) is 0 Å². The number of unbranched alkanes of at least 4 members (excludes halogenated alkanes) is 3. The van der Waals surface area contributed by atoms with Gasteiger partial charge < -0.3 is 19.3 Å². The Morgan fingerprint density at radius 1 is 0.960 bits per heavy atom. The Morgan fingerprint density at radius 2 is 1.68 bits per heavy atom. The van der Waals surface area contributed by atoms with Gasteiger partial charge in [0.15, 0.2) is 0 Å². The molecule has 1 aliphatic heterocycles. The fourth-order valence-electron chi connectivity index (χ4n) is 3.00. The number of carbonyl (C=O) groups excluding carboxylic acids is 2. The lowest BCUT2D eigenvalue weighted by Gasteiger charge is -2.34. The molecule has 1 aromatic carbocycles. The van der Waals surface area contributed by atoms with E-state index in [2.05, 4.69) is 6.92 Å². The highest BCUT2D eigenvalue weighted by Crippen LogP contribution is 2.26. The monoisotopic (exact) mass is 348 g/mol. The highest BCUT2D eigenvalue weighted by molar-refractivity contribution is 6.35. The number of nitrogens with zero attached hydrogens (tertiary/aromatic N) is 2. The number of hydrogen-bond acceptors (Lipinski definition) is 4. The first-order chi connectivity index (χ1) is 12.1. The van der Waals surface area contributed by atoms with E-state index >= 15 is 0 Å². The number of carbonyl (C=O) groups is 2. The van der Waals surface area contributed by atoms with Gasteiger partial charge in [-0.2, -0.15) is 0 Å². The third-order valence-corrected chi connectivity index (χ3v) is 4.53. The lowest BCUT2D eigenvalue weighted by Crippen LogP contribution is -2.54. The first-order valence-electron chi connectivity index (χ1n) is 8.89. The second-order valence-electron chi connectivity index (χ2n) is 6.26. The van der Waals surface area contributed by atoms with Crippen molar-refractivity contribution in [2.75, 3.05) is 33.9 Å². The molecule has 0 spiro atoms. The molecule has 0 saturated carbocycles. The van der Waals surface area contributed by atoms with Crippen LogP contribution in [0.5, 0.6) is 11.5 Å². The van der Waals surface area contributed by atoms with Crippen LogP contribution in [0.3, 0.4) is 0 Å². The summed E-state index contributed by atoms with van der Waals surface area (Å²) in [7, 11) is 3.18. The quantitative estimate of drug-likeness (QED) is 0.508. The minimum atomic E-state index is -0.431. The number of rotatable bonds is 9. The molecule has 0 N–H and O–H groups in total. The largest absolute Gasteiger partial charge is 0.497 e. The molecule has 0 bridgehead atoms. The predicted octanol–water partition coefficient (Wildman–Crippen LogP) is 2.45. The second-order valence-corrected chi connectivity index (χ2v) is 6.26. The van der Waals surface area contributed by atoms with Gasteiger partial charge in [-0.15, -0.1) is 0 Å². The third-order valence-electron chi connectivity index (χ3n) is 4.53. The fourth-order valence-corrected chi connectivity index (χ4v) is 3.00. The average molecular weight is 348 g/mol. The Morgan fingerprint density at radius 3 is 2.36 bits per heavy atom. The average Bonchev–Trinajstić information content (AvgIpc) is 2.64. The lowest BCUT2D eigenvalue weighted by atomic mass is 10.1. The normalized spacial score (nSPS) is 14.8. The van der Waals surface area contributed by atoms with Crippen molar-refractivity contribution in [2.24, 2.45) is 0 Å². The van der Waals surface area contributed by atoms with Crippen LogP contribution in [0.1, 0.15) is 38.2 Å². The molecule has 0 atom stereocenters. The number of benzene rings is 1. The van der Waals surface area contributed by atoms with Crippen LogP contribution in [0.4, 0.5) is 0 Å². The van der Waals surface area contributed by atoms with Gasteiger partial charge in [-0.05, 0) is 18.6 Å². The molecule has 0 aliphatic carbocycles. The zero-order valence-corrected chi connectivity index (χ0v) is 15.4. The summed E-state index contributed by atoms with van der Waals surface area (Å²) in [4.78, 5) is 28.0. The van der Waals surface area contributed by atoms with Gasteiger partial charge in [0.05, 0.1) is 14.2 Å². The molecule has 1 aromatic rings. The zero-order chi connectivity index (χ0) is 18.2. The summed E-state index contributed by atoms with van der Waals surface area (Å²) in [5.41, 5.74) is 0.862. The summed E-state index contributed by atoms with van der Waals surface area (Å²) in [5.74, 6) is 0.524. The molecule has 25 heavy (non-hydrogen) atoms. The van der Waals surface area contributed by atoms with E-state index in [0.29, 0.717) is 37.7 Å². The Hall–Kier alpha value is -2.24. The molecule has 0 radical (unpaired) electrons. The first kappa shape index (κ1) is 19.1. The van der Waals surface area contributed by atoms with Gasteiger partial charge in [0.25, 0.3) is 0 Å². The molecule has 2 rings (SSSR count). The third kappa shape index (κ3) is 4.87. The van der Waals surface area contributed by atoms with Crippen molar-refractivity contribution in [1.29, 1.82) is 0 Å². The summed E-state index contributed by atoms with van der Waals surface area (Å²) in [6.45, 7) is 4.33. The topological polar surface area (TPSA) is 59.1 Å². The molecule has 6 heteroatoms. The first-order valence-corrected chi connectivity index (χ1v) is 8.89. The van der Waals surface area contributed by atoms with Crippen molar-refractivity contribution in [2.45, 2.75) is 39.2 Å². The predicted molar refractivity (Wildman–Crippen MR) is 95.7 cm³/mol. The van der Waals surface area contributed by atoms with Gasteiger partial charge in [-0.25, -0.2) is 0 Å². The number of methoxy groups -OCH3 is 2. The van der Waals surface area contributed by atoms with Crippen molar-refractivity contribution < 1.29 is 19.1 Å². The molecular formula is C19H28N2O4. The smallest absolute Gasteiger partial charge is 0.312 e. The van der Waals surface area contributed by atoms with E-state index in [4.69, 9.17) is 9.47 Å². The van der Waals surface area contributed by atoms with E-state index in [0.717, 1.165) is 24.8 Å². The van der Waals surface area contributed by atoms with E-state index < -0.39 is 11.8 Å². The lowest BCUT2D eigenvalue weighted by molar-refractivity contribution is -0.156. The highest BCUT2D eigenvalue weighted by Gasteiger charge is 2.32. The Balaban J connectivity index is 1.97. The van der Waals surface area contributed by atoms with E-state index in [1.54, 1.807) is 30.1 Å². The van der Waals surface area contributed by atoms with Gasteiger partial charge in [0, 0.05) is 37.8 Å². The standard InChI is InChI=1S/C19H28N2O4/c1-4-5-6-7-10-20-11-12-21(19(23)18(20)22)14-15-8-9-16(24-2)13-17(15)25-3/h8-9,13H,4-7,10-12,14H2,1-3H3. The van der Waals surface area contributed by atoms with E-state index in [9.17, 15) is 9.59 Å². The Labute approximate surface area is 149 Å². The maximum Gasteiger partial charge on any atom is 0.312 e. The molecule has 1 heterocycles. The summed E-state index contributed by atoms with van der Waals surface area (Å²) < 4.78 is 10.6. The molecule has 0 aromatic heterocycles. The molecule has 1 fully saturated rings. The number of ether oxygens (including phenoxy) is 2. The molecule has 0 unspecified atom stereocenters. The molecule has 2 amide bonds. The highest BCUT2D eigenvalue weighted by atomic mass is 16.5. The Bertz CT molecular complexity index is 603. The van der Waals surface area contributed by atoms with Gasteiger partial charge in [-0.3, -0.25) is 9.59 Å². The van der Waals surface area contributed by atoms with Crippen LogP contribution in [0.25, 0.3) is 0 Å². The van der Waals surface area contributed by atoms with E-state index in [1.807, 2.05) is 12.1 Å². The molecule has 6 nitrogen and oxygen atoms in total. The maximum absolute atomic E-state index is 12.4. The fraction of sp³-hybridized carbons (Fsp3) is 0.579. The van der Waals surface area contributed by atoms with Crippen LogP contribution in [0.15, 0.2) is 18.2 Å². The van der Waals surface area contributed by atoms with Crippen LogP contribution in [-0.4, -0.2) is 55.5 Å². The zero-order valence-electron chi connectivity index (χ0n) is 15.4. The SMILES string of the molecule is CCCCCCN1CCN(Cc2ccc(OC)cc2OC)C(=O)C1=O. The minimum Gasteiger partial charge on any atom is -0.497 e. The van der Waals surface area contributed by atoms with Gasteiger partial charge in [-0.1, -0.05) is 26.2 Å². The molecule has 1 aliphatic rings. The molecular weight excluding hydrogens is 320 g/mol. The van der Waals surface area contributed by atoms with Crippen molar-refractivity contribution in [3.05, 3.63) is 23.8 Å². The molecule has 138 valence electrons. The summed E-state index contributed by atoms with van der Waals surface area (Å²) in [6, 6.07) is 5.48. The summed E-state index contributed by atoms with van der Waals surface area (Å²) >= 11 is 0. The van der Waals surface area contributed by atoms with Crippen LogP contribution in [0, 0.1) is 0 Å².